The molecule has 1 amide bonds. The van der Waals surface area contributed by atoms with Crippen molar-refractivity contribution in [3.63, 3.8) is 0 Å². The average molecular weight is 267 g/mol. The molecular formula is C12H13NO4S. The summed E-state index contributed by atoms with van der Waals surface area (Å²) in [6.45, 7) is 0.505. The summed E-state index contributed by atoms with van der Waals surface area (Å²) in [6.07, 6.45) is 0.404. The lowest BCUT2D eigenvalue weighted by atomic mass is 10.1. The first-order chi connectivity index (χ1) is 8.51. The molecule has 0 saturated carbocycles. The molecule has 1 unspecified atom stereocenters. The number of thiol groups is 1. The molecule has 2 N–H and O–H groups in total. The van der Waals surface area contributed by atoms with Gasteiger partial charge in [-0.05, 0) is 23.8 Å². The van der Waals surface area contributed by atoms with Gasteiger partial charge in [-0.1, -0.05) is 0 Å². The van der Waals surface area contributed by atoms with Gasteiger partial charge in [0.15, 0.2) is 0 Å². The zero-order valence-electron chi connectivity index (χ0n) is 9.54. The predicted octanol–water partition coefficient (Wildman–Crippen LogP) is 1.37. The van der Waals surface area contributed by atoms with Crippen molar-refractivity contribution in [1.82, 2.24) is 0 Å². The quantitative estimate of drug-likeness (QED) is 0.723. The molecule has 1 atom stereocenters. The summed E-state index contributed by atoms with van der Waals surface area (Å²) in [5, 5.41) is 18.4. The van der Waals surface area contributed by atoms with Crippen LogP contribution in [0, 0.1) is 5.92 Å². The van der Waals surface area contributed by atoms with Crippen molar-refractivity contribution < 1.29 is 19.8 Å². The summed E-state index contributed by atoms with van der Waals surface area (Å²) in [5.74, 6) is -0.601. The molecule has 5 nitrogen and oxygen atoms in total. The first-order valence-electron chi connectivity index (χ1n) is 5.50. The lowest BCUT2D eigenvalue weighted by Crippen LogP contribution is -2.24. The standard InChI is InChI=1S/C12H13NO4S/c14-10-3-8(12(16)17)2-9(4-10)13-5-7(6-18)1-11(13)15/h2-4,7,14,18H,1,5-6H2,(H,16,17). The fourth-order valence-electron chi connectivity index (χ4n) is 2.03. The third-order valence-electron chi connectivity index (χ3n) is 2.92. The van der Waals surface area contributed by atoms with Crippen LogP contribution in [0.3, 0.4) is 0 Å². The van der Waals surface area contributed by atoms with Gasteiger partial charge >= 0.3 is 5.97 Å². The second-order valence-corrected chi connectivity index (χ2v) is 4.67. The number of carbonyl (C=O) groups excluding carboxylic acids is 1. The Labute approximate surface area is 109 Å². The maximum atomic E-state index is 11.8. The monoisotopic (exact) mass is 267 g/mol. The number of benzene rings is 1. The molecule has 0 radical (unpaired) electrons. The largest absolute Gasteiger partial charge is 0.508 e. The molecule has 1 saturated heterocycles. The lowest BCUT2D eigenvalue weighted by Gasteiger charge is -2.17. The zero-order valence-corrected chi connectivity index (χ0v) is 10.4. The SMILES string of the molecule is O=C(O)c1cc(O)cc(N2CC(CS)CC2=O)c1. The number of phenols is 1. The Morgan fingerprint density at radius 2 is 2.17 bits per heavy atom. The van der Waals surface area contributed by atoms with Crippen molar-refractivity contribution in [1.29, 1.82) is 0 Å². The fourth-order valence-corrected chi connectivity index (χ4v) is 2.27. The molecule has 1 aromatic rings. The van der Waals surface area contributed by atoms with Gasteiger partial charge in [-0.15, -0.1) is 0 Å². The highest BCUT2D eigenvalue weighted by atomic mass is 32.1. The van der Waals surface area contributed by atoms with Crippen molar-refractivity contribution >= 4 is 30.2 Å². The molecule has 1 heterocycles. The van der Waals surface area contributed by atoms with Gasteiger partial charge in [-0.25, -0.2) is 4.79 Å². The maximum Gasteiger partial charge on any atom is 0.335 e. The number of carboxylic acid groups (broad SMARTS) is 1. The van der Waals surface area contributed by atoms with Crippen LogP contribution in [0.25, 0.3) is 0 Å². The average Bonchev–Trinajstić information content (AvgIpc) is 2.69. The second kappa shape index (κ2) is 4.89. The third-order valence-corrected chi connectivity index (χ3v) is 3.44. The number of aromatic hydroxyl groups is 1. The fraction of sp³-hybridized carbons (Fsp3) is 0.333. The molecule has 18 heavy (non-hydrogen) atoms. The summed E-state index contributed by atoms with van der Waals surface area (Å²) >= 11 is 4.16. The highest BCUT2D eigenvalue weighted by Crippen LogP contribution is 2.29. The molecule has 0 bridgehead atoms. The Kier molecular flexibility index (Phi) is 3.47. The van der Waals surface area contributed by atoms with E-state index in [0.29, 0.717) is 24.4 Å². The van der Waals surface area contributed by atoms with Gasteiger partial charge in [0.05, 0.1) is 5.56 Å². The normalized spacial score (nSPS) is 19.3. The highest BCUT2D eigenvalue weighted by Gasteiger charge is 2.30. The van der Waals surface area contributed by atoms with E-state index in [1.807, 2.05) is 0 Å². The zero-order chi connectivity index (χ0) is 13.3. The van der Waals surface area contributed by atoms with E-state index in [9.17, 15) is 14.7 Å². The van der Waals surface area contributed by atoms with Gasteiger partial charge in [-0.3, -0.25) is 4.79 Å². The number of hydrogen-bond donors (Lipinski definition) is 3. The topological polar surface area (TPSA) is 77.8 Å². The van der Waals surface area contributed by atoms with Crippen molar-refractivity contribution in [3.8, 4) is 5.75 Å². The summed E-state index contributed by atoms with van der Waals surface area (Å²) in [4.78, 5) is 24.2. The Hall–Kier alpha value is -1.69. The number of amides is 1. The van der Waals surface area contributed by atoms with Crippen molar-refractivity contribution in [3.05, 3.63) is 23.8 Å². The van der Waals surface area contributed by atoms with Crippen LogP contribution >= 0.6 is 12.6 Å². The molecule has 0 spiro atoms. The van der Waals surface area contributed by atoms with Crippen LogP contribution in [0.1, 0.15) is 16.8 Å². The number of rotatable bonds is 3. The number of hydrogen-bond acceptors (Lipinski definition) is 4. The molecule has 1 fully saturated rings. The Morgan fingerprint density at radius 3 is 2.72 bits per heavy atom. The molecule has 96 valence electrons. The molecular weight excluding hydrogens is 254 g/mol. The van der Waals surface area contributed by atoms with E-state index in [4.69, 9.17) is 5.11 Å². The number of carbonyl (C=O) groups is 2. The van der Waals surface area contributed by atoms with Gasteiger partial charge in [0.2, 0.25) is 5.91 Å². The second-order valence-electron chi connectivity index (χ2n) is 4.30. The molecule has 1 aliphatic rings. The van der Waals surface area contributed by atoms with E-state index in [1.54, 1.807) is 0 Å². The molecule has 2 rings (SSSR count). The minimum Gasteiger partial charge on any atom is -0.508 e. The smallest absolute Gasteiger partial charge is 0.335 e. The van der Waals surface area contributed by atoms with Crippen molar-refractivity contribution in [2.45, 2.75) is 6.42 Å². The molecule has 1 aliphatic heterocycles. The van der Waals surface area contributed by atoms with Crippen LogP contribution < -0.4 is 4.90 Å². The van der Waals surface area contributed by atoms with Crippen LogP contribution in [0.5, 0.6) is 5.75 Å². The molecule has 1 aromatic carbocycles. The van der Waals surface area contributed by atoms with E-state index in [1.165, 1.54) is 17.0 Å². The minimum atomic E-state index is -1.13. The summed E-state index contributed by atoms with van der Waals surface area (Å²) in [7, 11) is 0. The molecule has 6 heteroatoms. The van der Waals surface area contributed by atoms with Crippen LogP contribution in [-0.4, -0.2) is 34.4 Å². The first kappa shape index (κ1) is 12.8. The van der Waals surface area contributed by atoms with E-state index >= 15 is 0 Å². The Bertz CT molecular complexity index is 503. The first-order valence-corrected chi connectivity index (χ1v) is 6.13. The van der Waals surface area contributed by atoms with Crippen LogP contribution in [-0.2, 0) is 4.79 Å². The number of carboxylic acids is 1. The van der Waals surface area contributed by atoms with Gasteiger partial charge in [-0.2, -0.15) is 12.6 Å². The van der Waals surface area contributed by atoms with Crippen molar-refractivity contribution in [2.24, 2.45) is 5.92 Å². The van der Waals surface area contributed by atoms with E-state index < -0.39 is 5.97 Å². The van der Waals surface area contributed by atoms with Crippen molar-refractivity contribution in [2.75, 3.05) is 17.2 Å². The predicted molar refractivity (Wildman–Crippen MR) is 69.4 cm³/mol. The Morgan fingerprint density at radius 1 is 1.44 bits per heavy atom. The summed E-state index contributed by atoms with van der Waals surface area (Å²) in [6, 6.07) is 3.94. The number of nitrogens with zero attached hydrogens (tertiary/aromatic N) is 1. The minimum absolute atomic E-state index is 0.0351. The maximum absolute atomic E-state index is 11.8. The third kappa shape index (κ3) is 2.43. The van der Waals surface area contributed by atoms with Gasteiger partial charge in [0, 0.05) is 24.7 Å². The summed E-state index contributed by atoms with van der Waals surface area (Å²) in [5.41, 5.74) is 0.383. The van der Waals surface area contributed by atoms with E-state index in [-0.39, 0.29) is 23.1 Å². The number of anilines is 1. The van der Waals surface area contributed by atoms with Crippen LogP contribution in [0.4, 0.5) is 5.69 Å². The lowest BCUT2D eigenvalue weighted by molar-refractivity contribution is -0.117. The van der Waals surface area contributed by atoms with Crippen LogP contribution in [0.15, 0.2) is 18.2 Å². The van der Waals surface area contributed by atoms with Gasteiger partial charge < -0.3 is 15.1 Å². The Balaban J connectivity index is 2.34. The van der Waals surface area contributed by atoms with E-state index in [0.717, 1.165) is 6.07 Å². The van der Waals surface area contributed by atoms with Gasteiger partial charge in [0.1, 0.15) is 5.75 Å². The summed E-state index contributed by atoms with van der Waals surface area (Å²) < 4.78 is 0. The number of phenolic OH excluding ortho intramolecular Hbond substituents is 1. The number of aromatic carboxylic acids is 1. The molecule has 0 aromatic heterocycles. The highest BCUT2D eigenvalue weighted by molar-refractivity contribution is 7.80. The van der Waals surface area contributed by atoms with Crippen LogP contribution in [0.2, 0.25) is 0 Å². The van der Waals surface area contributed by atoms with E-state index in [2.05, 4.69) is 12.6 Å². The van der Waals surface area contributed by atoms with Gasteiger partial charge in [0.25, 0.3) is 0 Å². The molecule has 0 aliphatic carbocycles.